The Morgan fingerprint density at radius 2 is 1.13 bits per heavy atom. The number of hydrogen-bond donors (Lipinski definition) is 2. The highest BCUT2D eigenvalue weighted by Crippen LogP contribution is 2.31. The number of hydroxylamine groups is 2. The van der Waals surface area contributed by atoms with Gasteiger partial charge in [-0.25, -0.2) is 20.0 Å². The van der Waals surface area contributed by atoms with Gasteiger partial charge < -0.3 is 63.2 Å². The molecule has 1 aromatic carbocycles. The molecule has 2 aromatic rings. The van der Waals surface area contributed by atoms with Gasteiger partial charge in [0, 0.05) is 55.0 Å². The Morgan fingerprint density at radius 3 is 1.61 bits per heavy atom. The number of carbonyl (C=O) groups excluding carboxylic acids is 3. The summed E-state index contributed by atoms with van der Waals surface area (Å²) in [6, 6.07) is 5.73. The second-order valence-electron chi connectivity index (χ2n) is 16.5. The molecule has 0 bridgehead atoms. The number of fused-ring (bicyclic) bond motifs is 1. The van der Waals surface area contributed by atoms with Crippen molar-refractivity contribution in [1.29, 1.82) is 0 Å². The van der Waals surface area contributed by atoms with Crippen LogP contribution in [0.2, 0.25) is 0 Å². The maximum Gasteiger partial charge on any atom is 0.308 e. The standard InChI is InChI=1S/C49H78N6O15/c1-5-12-55(48(58)42-34-41-9-8-40(43-37-51-39-52-38-43)35-44(41)54-45(50)36-42)69-13-6-7-46(56)53-11-15-60-17-19-62-21-23-64-25-27-66-29-31-68-33-32-67-30-28-65-26-24-63-22-20-61-18-16-59-14-10-47(57)70-49(2,3)4/h8-9,34-35,37-39H,5-7,10-33,36H2,1-4H3,(H2,50,54)(H,53,56). The Morgan fingerprint density at radius 1 is 0.643 bits per heavy atom. The van der Waals surface area contributed by atoms with E-state index in [1.165, 1.54) is 11.4 Å². The van der Waals surface area contributed by atoms with Crippen molar-refractivity contribution in [3.63, 3.8) is 0 Å². The summed E-state index contributed by atoms with van der Waals surface area (Å²) in [4.78, 5) is 56.1. The average molecular weight is 991 g/mol. The smallest absolute Gasteiger partial charge is 0.308 e. The number of aliphatic imine (C=N–C) groups is 1. The Labute approximate surface area is 413 Å². The number of carbonyl (C=O) groups is 3. The SMILES string of the molecule is CCCN(OCCCC(=O)NCCOCCOCCOCCOCCOCCOCCOCCOCCOCCOCCC(=O)OC(C)(C)C)C(=O)C1=Cc2ccc(-c3cncnc3)cc2N=C(N)C1. The molecule has 0 saturated carbocycles. The maximum atomic E-state index is 13.6. The topological polar surface area (TPSA) is 241 Å². The molecule has 21 nitrogen and oxygen atoms in total. The van der Waals surface area contributed by atoms with Gasteiger partial charge >= 0.3 is 5.97 Å². The van der Waals surface area contributed by atoms with E-state index in [4.69, 9.17) is 62.7 Å². The molecule has 2 heterocycles. The van der Waals surface area contributed by atoms with Crippen LogP contribution in [-0.4, -0.2) is 196 Å². The van der Waals surface area contributed by atoms with E-state index in [1.807, 2.05) is 45.9 Å². The first kappa shape index (κ1) is 59.8. The van der Waals surface area contributed by atoms with Gasteiger partial charge in [0.2, 0.25) is 5.91 Å². The van der Waals surface area contributed by atoms with Crippen molar-refractivity contribution in [1.82, 2.24) is 20.3 Å². The molecular weight excluding hydrogens is 913 g/mol. The number of nitrogens with two attached hydrogens (primary N) is 1. The van der Waals surface area contributed by atoms with Gasteiger partial charge in [-0.3, -0.25) is 19.2 Å². The molecule has 0 atom stereocenters. The highest BCUT2D eigenvalue weighted by Gasteiger charge is 2.23. The van der Waals surface area contributed by atoms with Gasteiger partial charge in [0.05, 0.1) is 151 Å². The van der Waals surface area contributed by atoms with Gasteiger partial charge in [0.1, 0.15) is 17.8 Å². The molecule has 1 aromatic heterocycles. The predicted molar refractivity (Wildman–Crippen MR) is 260 cm³/mol. The number of aromatic nitrogens is 2. The van der Waals surface area contributed by atoms with Crippen LogP contribution in [0.5, 0.6) is 0 Å². The third-order valence-electron chi connectivity index (χ3n) is 9.40. The summed E-state index contributed by atoms with van der Waals surface area (Å²) in [5.74, 6) is -0.372. The second kappa shape index (κ2) is 38.2. The summed E-state index contributed by atoms with van der Waals surface area (Å²) in [5, 5.41) is 4.18. The Kier molecular flexibility index (Phi) is 32.6. The van der Waals surface area contributed by atoms with E-state index in [0.717, 1.165) is 16.7 Å². The molecule has 1 aliphatic heterocycles. The first-order valence-corrected chi connectivity index (χ1v) is 24.2. The monoisotopic (exact) mass is 991 g/mol. The number of benzene rings is 1. The summed E-state index contributed by atoms with van der Waals surface area (Å²) in [5.41, 5.74) is 9.38. The van der Waals surface area contributed by atoms with Crippen LogP contribution in [0.25, 0.3) is 17.2 Å². The van der Waals surface area contributed by atoms with Crippen LogP contribution in [0, 0.1) is 0 Å². The third kappa shape index (κ3) is 29.6. The number of esters is 1. The Hall–Kier alpha value is -4.52. The van der Waals surface area contributed by atoms with Gasteiger partial charge in [-0.15, -0.1) is 0 Å². The summed E-state index contributed by atoms with van der Waals surface area (Å²) in [6.45, 7) is 17.1. The molecule has 0 fully saturated rings. The van der Waals surface area contributed by atoms with Crippen molar-refractivity contribution in [2.45, 2.75) is 65.4 Å². The zero-order valence-electron chi connectivity index (χ0n) is 41.8. The lowest BCUT2D eigenvalue weighted by atomic mass is 10.0. The molecule has 0 unspecified atom stereocenters. The third-order valence-corrected chi connectivity index (χ3v) is 9.40. The minimum atomic E-state index is -0.487. The number of rotatable bonds is 42. The zero-order chi connectivity index (χ0) is 50.3. The fourth-order valence-electron chi connectivity index (χ4n) is 6.13. The van der Waals surface area contributed by atoms with E-state index in [9.17, 15) is 14.4 Å². The van der Waals surface area contributed by atoms with Crippen LogP contribution in [0.4, 0.5) is 5.69 Å². The number of nitrogens with one attached hydrogen (secondary N) is 1. The van der Waals surface area contributed by atoms with Crippen LogP contribution in [0.15, 0.2) is 47.5 Å². The predicted octanol–water partition coefficient (Wildman–Crippen LogP) is 3.88. The largest absolute Gasteiger partial charge is 0.460 e. The van der Waals surface area contributed by atoms with Gasteiger partial charge in [-0.2, -0.15) is 0 Å². The molecule has 0 spiro atoms. The number of amides is 2. The van der Waals surface area contributed by atoms with Crippen LogP contribution in [-0.2, 0) is 71.3 Å². The van der Waals surface area contributed by atoms with Crippen LogP contribution >= 0.6 is 0 Å². The first-order chi connectivity index (χ1) is 34.1. The fourth-order valence-corrected chi connectivity index (χ4v) is 6.13. The molecule has 3 N–H and O–H groups in total. The van der Waals surface area contributed by atoms with E-state index in [-0.39, 0.29) is 43.7 Å². The van der Waals surface area contributed by atoms with Crippen molar-refractivity contribution in [3.8, 4) is 11.1 Å². The van der Waals surface area contributed by atoms with E-state index in [1.54, 1.807) is 18.5 Å². The molecule has 0 saturated heterocycles. The molecule has 394 valence electrons. The second-order valence-corrected chi connectivity index (χ2v) is 16.5. The number of ether oxygens (including phenoxy) is 11. The Bertz CT molecular complexity index is 1780. The number of nitrogens with zero attached hydrogens (tertiary/aromatic N) is 4. The van der Waals surface area contributed by atoms with E-state index >= 15 is 0 Å². The number of hydrogen-bond acceptors (Lipinski definition) is 19. The van der Waals surface area contributed by atoms with Crippen LogP contribution in [0.3, 0.4) is 0 Å². The fraction of sp³-hybridized carbons (Fsp3) is 0.673. The van der Waals surface area contributed by atoms with Crippen molar-refractivity contribution < 1.29 is 71.3 Å². The van der Waals surface area contributed by atoms with Gasteiger partial charge in [-0.1, -0.05) is 19.1 Å². The van der Waals surface area contributed by atoms with Gasteiger partial charge in [-0.05, 0) is 51.3 Å². The molecule has 21 heteroatoms. The van der Waals surface area contributed by atoms with Gasteiger partial charge in [0.25, 0.3) is 5.91 Å². The lowest BCUT2D eigenvalue weighted by Crippen LogP contribution is -2.34. The molecular formula is C49H78N6O15. The highest BCUT2D eigenvalue weighted by molar-refractivity contribution is 6.05. The van der Waals surface area contributed by atoms with Gasteiger partial charge in [0.15, 0.2) is 0 Å². The maximum absolute atomic E-state index is 13.6. The quantitative estimate of drug-likeness (QED) is 0.0545. The lowest BCUT2D eigenvalue weighted by Gasteiger charge is -2.22. The average Bonchev–Trinajstić information content (AvgIpc) is 3.51. The van der Waals surface area contributed by atoms with Crippen molar-refractivity contribution in [2.24, 2.45) is 10.7 Å². The summed E-state index contributed by atoms with van der Waals surface area (Å²) in [6.07, 6.45) is 8.48. The molecule has 70 heavy (non-hydrogen) atoms. The summed E-state index contributed by atoms with van der Waals surface area (Å²) >= 11 is 0. The van der Waals surface area contributed by atoms with Crippen molar-refractivity contribution in [2.75, 3.05) is 152 Å². The first-order valence-electron chi connectivity index (χ1n) is 24.2. The molecule has 2 amide bonds. The van der Waals surface area contributed by atoms with Crippen LogP contribution in [0.1, 0.15) is 65.4 Å². The minimum Gasteiger partial charge on any atom is -0.460 e. The molecule has 1 aliphatic rings. The Balaban J connectivity index is 1.02. The molecule has 0 radical (unpaired) electrons. The van der Waals surface area contributed by atoms with Crippen molar-refractivity contribution >= 4 is 35.4 Å². The lowest BCUT2D eigenvalue weighted by molar-refractivity contribution is -0.182. The van der Waals surface area contributed by atoms with E-state index < -0.39 is 5.60 Å². The highest BCUT2D eigenvalue weighted by atomic mass is 16.7. The minimum absolute atomic E-state index is 0.129. The van der Waals surface area contributed by atoms with Crippen molar-refractivity contribution in [3.05, 3.63) is 48.1 Å². The zero-order valence-corrected chi connectivity index (χ0v) is 41.8. The van der Waals surface area contributed by atoms with E-state index in [2.05, 4.69) is 20.3 Å². The summed E-state index contributed by atoms with van der Waals surface area (Å²) in [7, 11) is 0. The normalized spacial score (nSPS) is 12.5. The number of amidine groups is 1. The van der Waals surface area contributed by atoms with Crippen LogP contribution < -0.4 is 11.1 Å². The van der Waals surface area contributed by atoms with E-state index in [0.29, 0.717) is 175 Å². The molecule has 0 aliphatic carbocycles. The summed E-state index contributed by atoms with van der Waals surface area (Å²) < 4.78 is 60.1. The molecule has 3 rings (SSSR count).